The van der Waals surface area contributed by atoms with Crippen molar-refractivity contribution in [2.45, 2.75) is 6.42 Å². The molecule has 0 atom stereocenters. The predicted octanol–water partition coefficient (Wildman–Crippen LogP) is 4.15. The molecule has 0 amide bonds. The maximum Gasteiger partial charge on any atom is 0.174 e. The van der Waals surface area contributed by atoms with Crippen molar-refractivity contribution in [2.75, 3.05) is 0 Å². The molecule has 2 rings (SSSR count). The third kappa shape index (κ3) is 3.18. The van der Waals surface area contributed by atoms with Gasteiger partial charge < -0.3 is 5.11 Å². The van der Waals surface area contributed by atoms with E-state index < -0.39 is 5.78 Å². The first-order chi connectivity index (χ1) is 9.49. The van der Waals surface area contributed by atoms with Gasteiger partial charge in [-0.2, -0.15) is 0 Å². The van der Waals surface area contributed by atoms with Gasteiger partial charge in [-0.05, 0) is 12.1 Å². The summed E-state index contributed by atoms with van der Waals surface area (Å²) >= 11 is 11.5. The van der Waals surface area contributed by atoms with Crippen LogP contribution in [0.4, 0.5) is 0 Å². The van der Waals surface area contributed by atoms with E-state index >= 15 is 0 Å². The Morgan fingerprint density at radius 2 is 1.65 bits per heavy atom. The van der Waals surface area contributed by atoms with Gasteiger partial charge in [0.05, 0.1) is 17.0 Å². The van der Waals surface area contributed by atoms with E-state index in [0.717, 1.165) is 0 Å². The number of aromatic hydroxyl groups is 1. The molecule has 0 radical (unpaired) electrons. The number of phenolic OH excluding ortho intramolecular Hbond substituents is 1. The third-order valence-electron chi connectivity index (χ3n) is 2.75. The number of hydrogen-bond acceptors (Lipinski definition) is 3. The molecule has 2 aromatic rings. The standard InChI is InChI=1S/C15H10Cl2O3/c16-10-6-11(15(20)12(17)7-10)14(19)8-13(18)9-4-2-1-3-5-9/h1-7,20H,8H2. The van der Waals surface area contributed by atoms with Crippen LogP contribution in [0.25, 0.3) is 0 Å². The molecule has 102 valence electrons. The van der Waals surface area contributed by atoms with Crippen molar-refractivity contribution in [1.82, 2.24) is 0 Å². The van der Waals surface area contributed by atoms with Crippen molar-refractivity contribution in [2.24, 2.45) is 0 Å². The molecule has 0 spiro atoms. The second kappa shape index (κ2) is 6.07. The molecule has 0 aliphatic carbocycles. The van der Waals surface area contributed by atoms with Crippen LogP contribution in [0, 0.1) is 0 Å². The summed E-state index contributed by atoms with van der Waals surface area (Å²) in [7, 11) is 0. The van der Waals surface area contributed by atoms with E-state index in [1.807, 2.05) is 0 Å². The zero-order valence-corrected chi connectivity index (χ0v) is 11.8. The molecule has 1 N–H and O–H groups in total. The van der Waals surface area contributed by atoms with Crippen LogP contribution in [0.5, 0.6) is 5.75 Å². The Morgan fingerprint density at radius 3 is 2.30 bits per heavy atom. The van der Waals surface area contributed by atoms with Gasteiger partial charge in [0.1, 0.15) is 5.75 Å². The van der Waals surface area contributed by atoms with Gasteiger partial charge in [0, 0.05) is 10.6 Å². The first-order valence-electron chi connectivity index (χ1n) is 5.78. The number of halogens is 2. The first-order valence-corrected chi connectivity index (χ1v) is 6.54. The minimum atomic E-state index is -0.527. The van der Waals surface area contributed by atoms with E-state index in [0.29, 0.717) is 5.56 Å². The lowest BCUT2D eigenvalue weighted by Crippen LogP contribution is -2.09. The van der Waals surface area contributed by atoms with Crippen LogP contribution >= 0.6 is 23.2 Å². The van der Waals surface area contributed by atoms with Crippen molar-refractivity contribution < 1.29 is 14.7 Å². The van der Waals surface area contributed by atoms with Gasteiger partial charge in [-0.15, -0.1) is 0 Å². The molecule has 20 heavy (non-hydrogen) atoms. The number of hydrogen-bond donors (Lipinski definition) is 1. The van der Waals surface area contributed by atoms with E-state index in [9.17, 15) is 14.7 Å². The van der Waals surface area contributed by atoms with E-state index in [1.165, 1.54) is 12.1 Å². The summed E-state index contributed by atoms with van der Waals surface area (Å²) in [6.07, 6.45) is -0.353. The molecule has 0 saturated carbocycles. The molecular weight excluding hydrogens is 299 g/mol. The number of ketones is 2. The molecule has 0 bridgehead atoms. The van der Waals surface area contributed by atoms with Gasteiger partial charge in [-0.1, -0.05) is 53.5 Å². The van der Waals surface area contributed by atoms with Crippen LogP contribution < -0.4 is 0 Å². The first kappa shape index (κ1) is 14.6. The van der Waals surface area contributed by atoms with Crippen LogP contribution in [0.3, 0.4) is 0 Å². The number of rotatable bonds is 4. The SMILES string of the molecule is O=C(CC(=O)c1cc(Cl)cc(Cl)c1O)c1ccccc1. The van der Waals surface area contributed by atoms with Crippen molar-refractivity contribution in [3.63, 3.8) is 0 Å². The Hall–Kier alpha value is -1.84. The molecule has 0 aromatic heterocycles. The highest BCUT2D eigenvalue weighted by Crippen LogP contribution is 2.32. The second-order valence-electron chi connectivity index (χ2n) is 4.17. The van der Waals surface area contributed by atoms with Crippen molar-refractivity contribution in [3.8, 4) is 5.75 Å². The maximum absolute atomic E-state index is 12.1. The van der Waals surface area contributed by atoms with E-state index in [2.05, 4.69) is 0 Å². The van der Waals surface area contributed by atoms with E-state index in [4.69, 9.17) is 23.2 Å². The average molecular weight is 309 g/mol. The summed E-state index contributed by atoms with van der Waals surface area (Å²) < 4.78 is 0. The average Bonchev–Trinajstić information content (AvgIpc) is 2.43. The fourth-order valence-corrected chi connectivity index (χ4v) is 2.24. The van der Waals surface area contributed by atoms with Gasteiger partial charge >= 0.3 is 0 Å². The topological polar surface area (TPSA) is 54.4 Å². The Labute approximate surface area is 125 Å². The minimum absolute atomic E-state index is 0.0204. The Kier molecular flexibility index (Phi) is 4.42. The normalized spacial score (nSPS) is 10.3. The van der Waals surface area contributed by atoms with Gasteiger partial charge in [0.25, 0.3) is 0 Å². The molecule has 3 nitrogen and oxygen atoms in total. The fourth-order valence-electron chi connectivity index (χ4n) is 1.75. The molecule has 0 heterocycles. The quantitative estimate of drug-likeness (QED) is 0.681. The highest BCUT2D eigenvalue weighted by Gasteiger charge is 2.19. The van der Waals surface area contributed by atoms with Crippen molar-refractivity contribution >= 4 is 34.8 Å². The monoisotopic (exact) mass is 308 g/mol. The summed E-state index contributed by atoms with van der Waals surface area (Å²) in [5, 5.41) is 9.96. The molecule has 0 saturated heterocycles. The van der Waals surface area contributed by atoms with Crippen LogP contribution in [0.1, 0.15) is 27.1 Å². The summed E-state index contributed by atoms with van der Waals surface area (Å²) in [5.41, 5.74) is 0.389. The summed E-state index contributed by atoms with van der Waals surface area (Å²) in [5.74, 6) is -1.21. The lowest BCUT2D eigenvalue weighted by Gasteiger charge is -2.06. The number of Topliss-reactive ketones (excluding diaryl/α,β-unsaturated/α-hetero) is 2. The van der Waals surface area contributed by atoms with Gasteiger partial charge in [-0.3, -0.25) is 9.59 Å². The molecule has 0 aliphatic heterocycles. The lowest BCUT2D eigenvalue weighted by molar-refractivity contribution is 0.0893. The number of benzene rings is 2. The fraction of sp³-hybridized carbons (Fsp3) is 0.0667. The minimum Gasteiger partial charge on any atom is -0.506 e. The highest BCUT2D eigenvalue weighted by molar-refractivity contribution is 6.36. The largest absolute Gasteiger partial charge is 0.506 e. The Balaban J connectivity index is 2.23. The second-order valence-corrected chi connectivity index (χ2v) is 5.02. The van der Waals surface area contributed by atoms with Crippen LogP contribution in [-0.4, -0.2) is 16.7 Å². The number of phenols is 1. The zero-order chi connectivity index (χ0) is 14.7. The van der Waals surface area contributed by atoms with Crippen LogP contribution in [-0.2, 0) is 0 Å². The zero-order valence-electron chi connectivity index (χ0n) is 10.3. The molecule has 0 fully saturated rings. The summed E-state index contributed by atoms with van der Waals surface area (Å²) in [6.45, 7) is 0. The van der Waals surface area contributed by atoms with Gasteiger partial charge in [-0.25, -0.2) is 0 Å². The maximum atomic E-state index is 12.1. The smallest absolute Gasteiger partial charge is 0.174 e. The molecular formula is C15H10Cl2O3. The molecule has 0 aliphatic rings. The third-order valence-corrected chi connectivity index (χ3v) is 3.25. The number of carbonyl (C=O) groups excluding carboxylic acids is 2. The molecule has 0 unspecified atom stereocenters. The predicted molar refractivity (Wildman–Crippen MR) is 77.8 cm³/mol. The van der Waals surface area contributed by atoms with Gasteiger partial charge in [0.15, 0.2) is 11.6 Å². The number of carbonyl (C=O) groups is 2. The summed E-state index contributed by atoms with van der Waals surface area (Å²) in [4.78, 5) is 24.0. The lowest BCUT2D eigenvalue weighted by atomic mass is 10.0. The molecule has 2 aromatic carbocycles. The van der Waals surface area contributed by atoms with Gasteiger partial charge in [0.2, 0.25) is 0 Å². The van der Waals surface area contributed by atoms with Crippen LogP contribution in [0.15, 0.2) is 42.5 Å². The van der Waals surface area contributed by atoms with Crippen molar-refractivity contribution in [1.29, 1.82) is 0 Å². The van der Waals surface area contributed by atoms with E-state index in [1.54, 1.807) is 30.3 Å². The van der Waals surface area contributed by atoms with E-state index in [-0.39, 0.29) is 33.6 Å². The van der Waals surface area contributed by atoms with Crippen molar-refractivity contribution in [3.05, 3.63) is 63.6 Å². The summed E-state index contributed by atoms with van der Waals surface area (Å²) in [6, 6.07) is 11.1. The van der Waals surface area contributed by atoms with Crippen LogP contribution in [0.2, 0.25) is 10.0 Å². The Bertz CT molecular complexity index is 666. The Morgan fingerprint density at radius 1 is 1.00 bits per heavy atom. The molecule has 5 heteroatoms. The highest BCUT2D eigenvalue weighted by atomic mass is 35.5.